The maximum absolute atomic E-state index is 14.3. The van der Waals surface area contributed by atoms with Gasteiger partial charge in [-0.1, -0.05) is 12.1 Å². The second kappa shape index (κ2) is 8.05. The minimum atomic E-state index is -3.11. The summed E-state index contributed by atoms with van der Waals surface area (Å²) in [7, 11) is -0.0956. The van der Waals surface area contributed by atoms with Crippen LogP contribution in [0.1, 0.15) is 22.0 Å². The molecule has 196 valence electrons. The van der Waals surface area contributed by atoms with Crippen LogP contribution in [-0.2, 0) is 30.2 Å². The summed E-state index contributed by atoms with van der Waals surface area (Å²) in [6, 6.07) is 2.07. The average molecular weight is 532 g/mol. The van der Waals surface area contributed by atoms with Crippen molar-refractivity contribution < 1.29 is 33.3 Å². The van der Waals surface area contributed by atoms with Gasteiger partial charge in [-0.3, -0.25) is 34.0 Å². The molecule has 2 fully saturated rings. The smallest absolute Gasteiger partial charge is 0.235 e. The van der Waals surface area contributed by atoms with Crippen LogP contribution in [0.4, 0.5) is 0 Å². The lowest BCUT2D eigenvalue weighted by molar-refractivity contribution is -0.166. The second-order valence-electron chi connectivity index (χ2n) is 9.85. The van der Waals surface area contributed by atoms with E-state index in [1.54, 1.807) is 6.07 Å². The highest BCUT2D eigenvalue weighted by molar-refractivity contribution is 7.83. The number of primary amides is 1. The van der Waals surface area contributed by atoms with E-state index >= 15 is 0 Å². The third-order valence-corrected chi connectivity index (χ3v) is 9.23. The predicted octanol–water partition coefficient (Wildman–Crippen LogP) is -4.13. The van der Waals surface area contributed by atoms with Gasteiger partial charge in [-0.2, -0.15) is 5.26 Å². The Hall–Kier alpha value is -3.39. The summed E-state index contributed by atoms with van der Waals surface area (Å²) >= 11 is 0. The molecule has 3 unspecified atom stereocenters. The van der Waals surface area contributed by atoms with Gasteiger partial charge in [0.05, 0.1) is 51.0 Å². The molecule has 15 heteroatoms. The van der Waals surface area contributed by atoms with Crippen LogP contribution in [0.2, 0.25) is 0 Å². The first-order chi connectivity index (χ1) is 17.1. The lowest BCUT2D eigenvalue weighted by atomic mass is 9.42. The van der Waals surface area contributed by atoms with Crippen LogP contribution in [-0.4, -0.2) is 79.7 Å². The first-order valence-corrected chi connectivity index (χ1v) is 12.2. The summed E-state index contributed by atoms with van der Waals surface area (Å²) in [5, 5.41) is 24.7. The van der Waals surface area contributed by atoms with Gasteiger partial charge in [-0.05, 0) is 25.7 Å². The molecule has 37 heavy (non-hydrogen) atoms. The van der Waals surface area contributed by atoms with Crippen LogP contribution >= 0.6 is 0 Å². The van der Waals surface area contributed by atoms with Crippen molar-refractivity contribution >= 4 is 40.0 Å². The monoisotopic (exact) mass is 531 g/mol. The maximum atomic E-state index is 14.3. The molecule has 1 aromatic rings. The Morgan fingerprint density at radius 1 is 1.16 bits per heavy atom. The zero-order chi connectivity index (χ0) is 28.0. The summed E-state index contributed by atoms with van der Waals surface area (Å²) in [6.07, 6.45) is 0. The van der Waals surface area contributed by atoms with Crippen molar-refractivity contribution in [3.63, 3.8) is 0 Å². The number of fused-ring (bicyclic) bond motifs is 3. The summed E-state index contributed by atoms with van der Waals surface area (Å²) in [5.74, 6) is -11.7. The van der Waals surface area contributed by atoms with E-state index in [9.17, 15) is 38.6 Å². The lowest BCUT2D eigenvalue weighted by Crippen LogP contribution is -2.93. The van der Waals surface area contributed by atoms with Gasteiger partial charge in [0.25, 0.3) is 0 Å². The number of rotatable bonds is 3. The minimum Gasteiger partial charge on any atom is -0.507 e. The van der Waals surface area contributed by atoms with Crippen molar-refractivity contribution in [1.29, 1.82) is 5.26 Å². The number of likely N-dealkylation sites (N-methyl/N-ethyl adjacent to an activating group) is 1. The molecule has 0 aromatic heterocycles. The summed E-state index contributed by atoms with van der Waals surface area (Å²) in [6.45, 7) is 0. The number of carbonyl (C=O) groups is 5. The summed E-state index contributed by atoms with van der Waals surface area (Å²) < 4.78 is 13.3. The number of carbonyl (C=O) groups excluding carboxylic acids is 5. The fourth-order valence-electron chi connectivity index (χ4n) is 6.58. The summed E-state index contributed by atoms with van der Waals surface area (Å²) in [4.78, 5) is 68.6. The van der Waals surface area contributed by atoms with Gasteiger partial charge in [0.1, 0.15) is 11.7 Å². The molecular weight excluding hydrogens is 506 g/mol. The van der Waals surface area contributed by atoms with E-state index in [2.05, 4.69) is 0 Å². The number of hydrogen-bond donors (Lipinski definition) is 6. The molecular formula is C22H25N7O7S. The highest BCUT2D eigenvalue weighted by Gasteiger charge is 2.84. The number of phenols is 1. The topological polar surface area (TPSA) is 280 Å². The maximum Gasteiger partial charge on any atom is 0.235 e. The highest BCUT2D eigenvalue weighted by Crippen LogP contribution is 2.59. The van der Waals surface area contributed by atoms with Crippen LogP contribution in [0.25, 0.3) is 0 Å². The van der Waals surface area contributed by atoms with Crippen LogP contribution in [0.5, 0.6) is 5.75 Å². The van der Waals surface area contributed by atoms with Gasteiger partial charge in [-0.15, -0.1) is 0 Å². The number of hydrogen-bond acceptors (Lipinski definition) is 12. The molecule has 3 aliphatic carbocycles. The number of Topliss-reactive ketones (excluding diaryl/α,β-unsaturated/α-hetero) is 4. The van der Waals surface area contributed by atoms with E-state index in [0.29, 0.717) is 0 Å². The first kappa shape index (κ1) is 26.7. The van der Waals surface area contributed by atoms with Crippen LogP contribution in [0.15, 0.2) is 18.2 Å². The standard InChI is InChI=1S/C22H25N7O7S/c1-29(2)15-13(32)10(18(25)35)16(33)20(6-23)17(34)11-12(31)9-7(4-3-5-8(9)30)14(24)21(11,26)19(37(28)36)22(15,20)27/h3-5,10-11,14-15,19,30H,24,26-28H2,1-2H3,(H2,25,35)/t10?,11?,14-,15+,19-,20-,21+,22-,37?/m0/s1. The Morgan fingerprint density at radius 3 is 2.24 bits per heavy atom. The average Bonchev–Trinajstić information content (AvgIpc) is 2.76. The van der Waals surface area contributed by atoms with Gasteiger partial charge in [0.2, 0.25) is 5.91 Å². The number of phenolic OH excluding ortho intramolecular Hbond substituents is 1. The number of nitriles is 1. The van der Waals surface area contributed by atoms with E-state index in [4.69, 9.17) is 28.1 Å². The Labute approximate surface area is 212 Å². The molecule has 0 spiro atoms. The molecule has 1 amide bonds. The van der Waals surface area contributed by atoms with Gasteiger partial charge in [-0.25, -0.2) is 4.21 Å². The van der Waals surface area contributed by atoms with E-state index < -0.39 is 91.4 Å². The van der Waals surface area contributed by atoms with Gasteiger partial charge < -0.3 is 28.0 Å². The number of amides is 1. The zero-order valence-corrected chi connectivity index (χ0v) is 20.5. The zero-order valence-electron chi connectivity index (χ0n) is 19.7. The van der Waals surface area contributed by atoms with E-state index in [1.165, 1.54) is 26.2 Å². The highest BCUT2D eigenvalue weighted by atomic mass is 32.2. The molecule has 1 aromatic carbocycles. The first-order valence-electron chi connectivity index (χ1n) is 10.9. The number of aromatic hydroxyl groups is 1. The molecule has 4 rings (SSSR count). The molecule has 11 N–H and O–H groups in total. The number of nitrogens with two attached hydrogens (primary N) is 5. The van der Waals surface area contributed by atoms with E-state index in [0.717, 1.165) is 11.0 Å². The molecule has 3 aliphatic rings. The van der Waals surface area contributed by atoms with E-state index in [-0.39, 0.29) is 11.1 Å². The third kappa shape index (κ3) is 2.79. The molecule has 0 radical (unpaired) electrons. The van der Waals surface area contributed by atoms with Crippen molar-refractivity contribution in [3.05, 3.63) is 29.3 Å². The van der Waals surface area contributed by atoms with E-state index in [1.807, 2.05) is 0 Å². The fourth-order valence-corrected chi connectivity index (χ4v) is 7.96. The SMILES string of the molecule is CN(C)[C@@H]1C(=O)C(C(N)=O)C(=O)[C@@]2(C#N)C(=O)C3C(=O)c4c(O)cccc4[C@H](N)[C@@]3(N)[C@H](S(N)=O)[C@@]12N. The van der Waals surface area contributed by atoms with Crippen molar-refractivity contribution in [2.75, 3.05) is 14.1 Å². The van der Waals surface area contributed by atoms with Crippen molar-refractivity contribution in [1.82, 2.24) is 4.90 Å². The molecule has 2 saturated carbocycles. The number of ketones is 4. The largest absolute Gasteiger partial charge is 0.507 e. The Morgan fingerprint density at radius 2 is 1.76 bits per heavy atom. The Kier molecular flexibility index (Phi) is 5.80. The second-order valence-corrected chi connectivity index (χ2v) is 11.0. The quantitative estimate of drug-likeness (QED) is 0.203. The molecule has 0 aliphatic heterocycles. The van der Waals surface area contributed by atoms with Gasteiger partial charge >= 0.3 is 0 Å². The molecule has 9 atom stereocenters. The lowest BCUT2D eigenvalue weighted by Gasteiger charge is -2.64. The third-order valence-electron chi connectivity index (χ3n) is 7.97. The normalized spacial score (nSPS) is 39.9. The number of benzene rings is 1. The van der Waals surface area contributed by atoms with Crippen LogP contribution < -0.4 is 28.1 Å². The minimum absolute atomic E-state index is 0.0232. The van der Waals surface area contributed by atoms with Crippen molar-refractivity contribution in [2.45, 2.75) is 28.4 Å². The molecule has 0 heterocycles. The van der Waals surface area contributed by atoms with Crippen molar-refractivity contribution in [2.24, 2.45) is 45.3 Å². The molecule has 0 saturated heterocycles. The number of nitrogens with zero attached hydrogens (tertiary/aromatic N) is 2. The van der Waals surface area contributed by atoms with Crippen LogP contribution in [0, 0.1) is 28.6 Å². The Bertz CT molecular complexity index is 1380. The molecule has 0 bridgehead atoms. The predicted molar refractivity (Wildman–Crippen MR) is 126 cm³/mol. The van der Waals surface area contributed by atoms with Crippen molar-refractivity contribution in [3.8, 4) is 11.8 Å². The molecule has 14 nitrogen and oxygen atoms in total. The summed E-state index contributed by atoms with van der Waals surface area (Å²) in [5.41, 5.74) is 16.6. The van der Waals surface area contributed by atoms with Crippen LogP contribution in [0.3, 0.4) is 0 Å². The van der Waals surface area contributed by atoms with Gasteiger partial charge in [0, 0.05) is 0 Å². The fraction of sp³-hybridized carbons (Fsp3) is 0.455. The Balaban J connectivity index is 2.20. The van der Waals surface area contributed by atoms with Gasteiger partial charge in [0.15, 0.2) is 34.5 Å².